The Bertz CT molecular complexity index is 634. The number of hydrogen-bond acceptors (Lipinski definition) is 4. The lowest BCUT2D eigenvalue weighted by Gasteiger charge is -2.17. The molecule has 1 aromatic heterocycles. The van der Waals surface area contributed by atoms with Gasteiger partial charge in [-0.3, -0.25) is 4.79 Å². The van der Waals surface area contributed by atoms with Crippen LogP contribution in [0.5, 0.6) is 0 Å². The van der Waals surface area contributed by atoms with E-state index in [1.54, 1.807) is 11.9 Å². The molecule has 1 amide bonds. The number of rotatable bonds is 5. The molecule has 5 heteroatoms. The highest BCUT2D eigenvalue weighted by Crippen LogP contribution is 2.15. The fraction of sp³-hybridized carbons (Fsp3) is 0.438. The third-order valence-corrected chi connectivity index (χ3v) is 3.58. The van der Waals surface area contributed by atoms with E-state index in [-0.39, 0.29) is 11.8 Å². The van der Waals surface area contributed by atoms with Gasteiger partial charge in [-0.2, -0.15) is 0 Å². The minimum Gasteiger partial charge on any atom is -0.417 e. The maximum atomic E-state index is 12.3. The average molecular weight is 287 g/mol. The summed E-state index contributed by atoms with van der Waals surface area (Å²) in [6.45, 7) is 6.68. The Morgan fingerprint density at radius 3 is 2.76 bits per heavy atom. The van der Waals surface area contributed by atoms with E-state index in [1.165, 1.54) is 11.1 Å². The predicted octanol–water partition coefficient (Wildman–Crippen LogP) is 2.91. The summed E-state index contributed by atoms with van der Waals surface area (Å²) in [5.74, 6) is 0.331. The lowest BCUT2D eigenvalue weighted by atomic mass is 10.0. The lowest BCUT2D eigenvalue weighted by molar-refractivity contribution is 0.0743. The number of aromatic nitrogens is 2. The van der Waals surface area contributed by atoms with E-state index in [1.807, 2.05) is 19.1 Å². The van der Waals surface area contributed by atoms with Gasteiger partial charge >= 0.3 is 11.8 Å². The Kier molecular flexibility index (Phi) is 4.73. The van der Waals surface area contributed by atoms with Crippen LogP contribution in [0.4, 0.5) is 0 Å². The van der Waals surface area contributed by atoms with Gasteiger partial charge in [0.1, 0.15) is 0 Å². The zero-order valence-corrected chi connectivity index (χ0v) is 13.0. The molecule has 0 radical (unpaired) electrons. The Morgan fingerprint density at radius 1 is 1.29 bits per heavy atom. The molecule has 0 fully saturated rings. The SMILES string of the molecule is CCCc1nnc(C(=O)N(C)Cc2cccc(C)c2C)o1. The molecule has 0 aliphatic carbocycles. The molecule has 2 rings (SSSR count). The molecule has 0 aliphatic rings. The number of carbonyl (C=O) groups is 1. The van der Waals surface area contributed by atoms with E-state index < -0.39 is 0 Å². The molecule has 0 unspecified atom stereocenters. The monoisotopic (exact) mass is 287 g/mol. The summed E-state index contributed by atoms with van der Waals surface area (Å²) in [6, 6.07) is 6.10. The van der Waals surface area contributed by atoms with Crippen LogP contribution in [0.25, 0.3) is 0 Å². The van der Waals surface area contributed by atoms with Crippen molar-refractivity contribution < 1.29 is 9.21 Å². The first-order valence-corrected chi connectivity index (χ1v) is 7.15. The van der Waals surface area contributed by atoms with Crippen molar-refractivity contribution in [3.05, 3.63) is 46.7 Å². The molecule has 0 bridgehead atoms. The van der Waals surface area contributed by atoms with Crippen LogP contribution in [0.15, 0.2) is 22.6 Å². The third-order valence-electron chi connectivity index (χ3n) is 3.58. The largest absolute Gasteiger partial charge is 0.417 e. The van der Waals surface area contributed by atoms with Crippen LogP contribution in [-0.2, 0) is 13.0 Å². The van der Waals surface area contributed by atoms with Gasteiger partial charge in [0.05, 0.1) is 0 Å². The fourth-order valence-electron chi connectivity index (χ4n) is 2.13. The second-order valence-corrected chi connectivity index (χ2v) is 5.27. The Balaban J connectivity index is 2.10. The third kappa shape index (κ3) is 3.48. The molecule has 1 aromatic carbocycles. The van der Waals surface area contributed by atoms with Crippen molar-refractivity contribution in [2.45, 2.75) is 40.2 Å². The van der Waals surface area contributed by atoms with E-state index in [0.717, 1.165) is 12.0 Å². The number of benzene rings is 1. The van der Waals surface area contributed by atoms with Crippen LogP contribution < -0.4 is 0 Å². The molecule has 21 heavy (non-hydrogen) atoms. The molecule has 0 spiro atoms. The van der Waals surface area contributed by atoms with Crippen molar-refractivity contribution in [3.8, 4) is 0 Å². The standard InChI is InChI=1S/C16H21N3O2/c1-5-7-14-17-18-15(21-14)16(20)19(4)10-13-9-6-8-11(2)12(13)3/h6,8-9H,5,7,10H2,1-4H3. The van der Waals surface area contributed by atoms with Gasteiger partial charge in [-0.25, -0.2) is 0 Å². The molecule has 0 aliphatic heterocycles. The zero-order valence-electron chi connectivity index (χ0n) is 13.0. The summed E-state index contributed by atoms with van der Waals surface area (Å²) < 4.78 is 5.39. The Labute approximate surface area is 125 Å². The zero-order chi connectivity index (χ0) is 15.4. The average Bonchev–Trinajstić information content (AvgIpc) is 2.92. The molecule has 0 N–H and O–H groups in total. The summed E-state index contributed by atoms with van der Waals surface area (Å²) >= 11 is 0. The summed E-state index contributed by atoms with van der Waals surface area (Å²) in [5.41, 5.74) is 3.55. The van der Waals surface area contributed by atoms with Gasteiger partial charge in [-0.05, 0) is 37.0 Å². The Morgan fingerprint density at radius 2 is 2.05 bits per heavy atom. The van der Waals surface area contributed by atoms with Crippen LogP contribution in [0, 0.1) is 13.8 Å². The van der Waals surface area contributed by atoms with Gasteiger partial charge in [0.25, 0.3) is 0 Å². The molecule has 0 saturated heterocycles. The summed E-state index contributed by atoms with van der Waals surface area (Å²) in [6.07, 6.45) is 1.61. The molecule has 0 atom stereocenters. The van der Waals surface area contributed by atoms with E-state index >= 15 is 0 Å². The molecular weight excluding hydrogens is 266 g/mol. The summed E-state index contributed by atoms with van der Waals surface area (Å²) in [4.78, 5) is 13.9. The number of hydrogen-bond donors (Lipinski definition) is 0. The van der Waals surface area contributed by atoms with Gasteiger partial charge in [0, 0.05) is 20.0 Å². The maximum Gasteiger partial charge on any atom is 0.311 e. The van der Waals surface area contributed by atoms with Gasteiger partial charge in [0.15, 0.2) is 0 Å². The topological polar surface area (TPSA) is 59.2 Å². The lowest BCUT2D eigenvalue weighted by Crippen LogP contribution is -2.27. The second kappa shape index (κ2) is 6.52. The normalized spacial score (nSPS) is 10.7. The summed E-state index contributed by atoms with van der Waals surface area (Å²) in [5, 5.41) is 7.71. The minimum atomic E-state index is -0.245. The number of nitrogens with zero attached hydrogens (tertiary/aromatic N) is 3. The van der Waals surface area contributed by atoms with E-state index in [9.17, 15) is 4.79 Å². The summed E-state index contributed by atoms with van der Waals surface area (Å²) in [7, 11) is 1.74. The highest BCUT2D eigenvalue weighted by molar-refractivity contribution is 5.89. The predicted molar refractivity (Wildman–Crippen MR) is 80.0 cm³/mol. The van der Waals surface area contributed by atoms with Crippen molar-refractivity contribution >= 4 is 5.91 Å². The molecule has 2 aromatic rings. The smallest absolute Gasteiger partial charge is 0.311 e. The molecule has 112 valence electrons. The highest BCUT2D eigenvalue weighted by Gasteiger charge is 2.19. The molecule has 5 nitrogen and oxygen atoms in total. The van der Waals surface area contributed by atoms with Crippen molar-refractivity contribution in [1.29, 1.82) is 0 Å². The number of amides is 1. The first-order valence-electron chi connectivity index (χ1n) is 7.15. The fourth-order valence-corrected chi connectivity index (χ4v) is 2.13. The minimum absolute atomic E-state index is 0.0613. The molecule has 0 saturated carbocycles. The second-order valence-electron chi connectivity index (χ2n) is 5.27. The van der Waals surface area contributed by atoms with Crippen LogP contribution in [0.3, 0.4) is 0 Å². The van der Waals surface area contributed by atoms with Crippen molar-refractivity contribution in [3.63, 3.8) is 0 Å². The van der Waals surface area contributed by atoms with Crippen molar-refractivity contribution in [2.24, 2.45) is 0 Å². The maximum absolute atomic E-state index is 12.3. The van der Waals surface area contributed by atoms with E-state index in [0.29, 0.717) is 18.9 Å². The van der Waals surface area contributed by atoms with E-state index in [2.05, 4.69) is 30.1 Å². The van der Waals surface area contributed by atoms with Crippen LogP contribution >= 0.6 is 0 Å². The highest BCUT2D eigenvalue weighted by atomic mass is 16.4. The van der Waals surface area contributed by atoms with Crippen molar-refractivity contribution in [2.75, 3.05) is 7.05 Å². The molecular formula is C16H21N3O2. The van der Waals surface area contributed by atoms with Crippen LogP contribution in [-0.4, -0.2) is 28.1 Å². The quantitative estimate of drug-likeness (QED) is 0.848. The number of carbonyl (C=O) groups excluding carboxylic acids is 1. The van der Waals surface area contributed by atoms with E-state index in [4.69, 9.17) is 4.42 Å². The van der Waals surface area contributed by atoms with Crippen molar-refractivity contribution in [1.82, 2.24) is 15.1 Å². The Hall–Kier alpha value is -2.17. The van der Waals surface area contributed by atoms with Gasteiger partial charge in [0.2, 0.25) is 5.89 Å². The van der Waals surface area contributed by atoms with Gasteiger partial charge in [-0.15, -0.1) is 10.2 Å². The first kappa shape index (κ1) is 15.2. The van der Waals surface area contributed by atoms with Gasteiger partial charge < -0.3 is 9.32 Å². The van der Waals surface area contributed by atoms with Crippen LogP contribution in [0.1, 0.15) is 46.6 Å². The number of aryl methyl sites for hydroxylation is 2. The molecule has 1 heterocycles. The van der Waals surface area contributed by atoms with Gasteiger partial charge in [-0.1, -0.05) is 25.1 Å². The van der Waals surface area contributed by atoms with Crippen LogP contribution in [0.2, 0.25) is 0 Å². The first-order chi connectivity index (χ1) is 10.0.